The van der Waals surface area contributed by atoms with E-state index < -0.39 is 10.0 Å². The van der Waals surface area contributed by atoms with Crippen LogP contribution in [0, 0.1) is 5.92 Å². The van der Waals surface area contributed by atoms with Gasteiger partial charge in [-0.2, -0.15) is 0 Å². The van der Waals surface area contributed by atoms with Gasteiger partial charge in [0.2, 0.25) is 10.0 Å². The predicted octanol–water partition coefficient (Wildman–Crippen LogP) is 0.657. The van der Waals surface area contributed by atoms with Gasteiger partial charge in [-0.1, -0.05) is 5.16 Å². The van der Waals surface area contributed by atoms with E-state index in [0.717, 1.165) is 63.8 Å². The quantitative estimate of drug-likeness (QED) is 0.342. The van der Waals surface area contributed by atoms with E-state index in [0.29, 0.717) is 19.0 Å². The smallest absolute Gasteiger partial charge is 0.211 e. The van der Waals surface area contributed by atoms with Gasteiger partial charge in [-0.25, -0.2) is 12.7 Å². The molecule has 0 radical (unpaired) electrons. The Balaban J connectivity index is 0.00000280. The summed E-state index contributed by atoms with van der Waals surface area (Å²) in [6, 6.07) is 1.90. The van der Waals surface area contributed by atoms with Crippen LogP contribution in [0.4, 0.5) is 0 Å². The third kappa shape index (κ3) is 6.56. The second kappa shape index (κ2) is 10.7. The first-order valence-corrected chi connectivity index (χ1v) is 11.3. The van der Waals surface area contributed by atoms with Crippen LogP contribution in [-0.4, -0.2) is 92.8 Å². The molecule has 160 valence electrons. The van der Waals surface area contributed by atoms with Crippen LogP contribution in [0.5, 0.6) is 0 Å². The summed E-state index contributed by atoms with van der Waals surface area (Å²) in [6.45, 7) is 6.64. The van der Waals surface area contributed by atoms with Crippen molar-refractivity contribution in [3.05, 3.63) is 18.0 Å². The van der Waals surface area contributed by atoms with Crippen molar-refractivity contribution in [2.45, 2.75) is 19.4 Å². The Morgan fingerprint density at radius 1 is 1.25 bits per heavy atom. The lowest BCUT2D eigenvalue weighted by Gasteiger charge is -2.37. The van der Waals surface area contributed by atoms with Crippen LogP contribution in [0.2, 0.25) is 0 Å². The van der Waals surface area contributed by atoms with E-state index in [1.165, 1.54) is 6.26 Å². The van der Waals surface area contributed by atoms with Gasteiger partial charge < -0.3 is 14.7 Å². The van der Waals surface area contributed by atoms with Crippen LogP contribution in [0.15, 0.2) is 21.8 Å². The Morgan fingerprint density at radius 3 is 2.46 bits per heavy atom. The van der Waals surface area contributed by atoms with Gasteiger partial charge in [-0.15, -0.1) is 24.0 Å². The van der Waals surface area contributed by atoms with Gasteiger partial charge in [0.1, 0.15) is 6.26 Å². The molecule has 11 heteroatoms. The van der Waals surface area contributed by atoms with Crippen LogP contribution < -0.4 is 5.32 Å². The highest BCUT2D eigenvalue weighted by Crippen LogP contribution is 2.18. The average molecular weight is 526 g/mol. The van der Waals surface area contributed by atoms with E-state index in [-0.39, 0.29) is 24.0 Å². The molecule has 28 heavy (non-hydrogen) atoms. The number of halogens is 1. The SMILES string of the molecule is CN=C(NCC1CCN(S(C)(=O)=O)CC1)N1CCN(Cc2ccon2)CC1.I. The van der Waals surface area contributed by atoms with E-state index >= 15 is 0 Å². The molecule has 0 spiro atoms. The number of aliphatic imine (C=N–C) groups is 1. The topological polar surface area (TPSA) is 94.3 Å². The fourth-order valence-corrected chi connectivity index (χ4v) is 4.55. The van der Waals surface area contributed by atoms with Gasteiger partial charge >= 0.3 is 0 Å². The summed E-state index contributed by atoms with van der Waals surface area (Å²) in [6.07, 6.45) is 4.68. The van der Waals surface area contributed by atoms with Gasteiger partial charge in [0, 0.05) is 65.5 Å². The largest absolute Gasteiger partial charge is 0.364 e. The van der Waals surface area contributed by atoms with Crippen LogP contribution in [0.3, 0.4) is 0 Å². The van der Waals surface area contributed by atoms with E-state index in [1.54, 1.807) is 10.6 Å². The van der Waals surface area contributed by atoms with E-state index in [2.05, 4.69) is 25.3 Å². The van der Waals surface area contributed by atoms with Gasteiger partial charge in [-0.3, -0.25) is 9.89 Å². The number of hydrogen-bond acceptors (Lipinski definition) is 6. The second-order valence-electron chi connectivity index (χ2n) is 7.29. The molecule has 0 unspecified atom stereocenters. The molecule has 1 aromatic rings. The lowest BCUT2D eigenvalue weighted by molar-refractivity contribution is 0.168. The van der Waals surface area contributed by atoms with Crippen molar-refractivity contribution < 1.29 is 12.9 Å². The Bertz CT molecular complexity index is 711. The van der Waals surface area contributed by atoms with E-state index in [4.69, 9.17) is 4.52 Å². The maximum atomic E-state index is 11.6. The minimum absolute atomic E-state index is 0. The summed E-state index contributed by atoms with van der Waals surface area (Å²) in [5.41, 5.74) is 0.964. The molecule has 0 aliphatic carbocycles. The van der Waals surface area contributed by atoms with Crippen LogP contribution in [0.25, 0.3) is 0 Å². The maximum absolute atomic E-state index is 11.6. The summed E-state index contributed by atoms with van der Waals surface area (Å²) < 4.78 is 29.7. The molecule has 0 bridgehead atoms. The standard InChI is InChI=1S/C17H30N6O3S.HI/c1-18-17(19-13-15-3-6-23(7-4-15)27(2,24)25)22-10-8-21(9-11-22)14-16-5-12-26-20-16;/h5,12,15H,3-4,6-11,13-14H2,1-2H3,(H,18,19);1H. The first-order valence-electron chi connectivity index (χ1n) is 9.48. The molecular formula is C17H31IN6O3S. The number of piperidine rings is 1. The lowest BCUT2D eigenvalue weighted by Crippen LogP contribution is -2.53. The second-order valence-corrected chi connectivity index (χ2v) is 9.27. The number of hydrogen-bond donors (Lipinski definition) is 1. The highest BCUT2D eigenvalue weighted by atomic mass is 127. The molecular weight excluding hydrogens is 495 g/mol. The summed E-state index contributed by atoms with van der Waals surface area (Å²) in [5, 5.41) is 7.46. The van der Waals surface area contributed by atoms with E-state index in [9.17, 15) is 8.42 Å². The van der Waals surface area contributed by atoms with Crippen molar-refractivity contribution in [2.75, 3.05) is 59.1 Å². The minimum Gasteiger partial charge on any atom is -0.364 e. The zero-order valence-electron chi connectivity index (χ0n) is 16.6. The normalized spacial score (nSPS) is 20.8. The van der Waals surface area contributed by atoms with Gasteiger partial charge in [-0.05, 0) is 18.8 Å². The number of nitrogens with one attached hydrogen (secondary N) is 1. The number of rotatable bonds is 5. The van der Waals surface area contributed by atoms with Gasteiger partial charge in [0.05, 0.1) is 11.9 Å². The zero-order chi connectivity index (χ0) is 19.3. The third-order valence-corrected chi connectivity index (χ3v) is 6.66. The van der Waals surface area contributed by atoms with Crippen molar-refractivity contribution in [1.29, 1.82) is 0 Å². The molecule has 9 nitrogen and oxygen atoms in total. The Labute approximate surface area is 184 Å². The fourth-order valence-electron chi connectivity index (χ4n) is 3.68. The highest BCUT2D eigenvalue weighted by Gasteiger charge is 2.26. The van der Waals surface area contributed by atoms with Gasteiger partial charge in [0.25, 0.3) is 0 Å². The van der Waals surface area contributed by atoms with Gasteiger partial charge in [0.15, 0.2) is 5.96 Å². The fraction of sp³-hybridized carbons (Fsp3) is 0.765. The van der Waals surface area contributed by atoms with Crippen LogP contribution >= 0.6 is 24.0 Å². The molecule has 1 N–H and O–H groups in total. The number of nitrogens with zero attached hydrogens (tertiary/aromatic N) is 5. The summed E-state index contributed by atoms with van der Waals surface area (Å²) in [7, 11) is -1.24. The summed E-state index contributed by atoms with van der Waals surface area (Å²) in [5.74, 6) is 1.41. The lowest BCUT2D eigenvalue weighted by atomic mass is 9.98. The first kappa shape index (κ1) is 23.4. The number of sulfonamides is 1. The molecule has 0 saturated carbocycles. The predicted molar refractivity (Wildman–Crippen MR) is 119 cm³/mol. The average Bonchev–Trinajstić information content (AvgIpc) is 3.16. The Hall–Kier alpha value is -0.920. The van der Waals surface area contributed by atoms with Crippen molar-refractivity contribution in [1.82, 2.24) is 24.6 Å². The first-order chi connectivity index (χ1) is 13.0. The third-order valence-electron chi connectivity index (χ3n) is 5.35. The Morgan fingerprint density at radius 2 is 1.93 bits per heavy atom. The summed E-state index contributed by atoms with van der Waals surface area (Å²) in [4.78, 5) is 9.08. The molecule has 2 fully saturated rings. The van der Waals surface area contributed by atoms with Crippen LogP contribution in [-0.2, 0) is 16.6 Å². The number of piperazine rings is 1. The zero-order valence-corrected chi connectivity index (χ0v) is 19.7. The van der Waals surface area contributed by atoms with Crippen LogP contribution in [0.1, 0.15) is 18.5 Å². The van der Waals surface area contributed by atoms with Crippen molar-refractivity contribution in [2.24, 2.45) is 10.9 Å². The molecule has 2 aliphatic rings. The summed E-state index contributed by atoms with van der Waals surface area (Å²) >= 11 is 0. The molecule has 2 saturated heterocycles. The molecule has 0 aromatic carbocycles. The molecule has 0 amide bonds. The number of aromatic nitrogens is 1. The molecule has 2 aliphatic heterocycles. The monoisotopic (exact) mass is 526 g/mol. The maximum Gasteiger partial charge on any atom is 0.211 e. The number of guanidine groups is 1. The Kier molecular flexibility index (Phi) is 8.96. The molecule has 1 aromatic heterocycles. The molecule has 3 heterocycles. The highest BCUT2D eigenvalue weighted by molar-refractivity contribution is 14.0. The minimum atomic E-state index is -3.06. The molecule has 0 atom stereocenters. The van der Waals surface area contributed by atoms with Crippen molar-refractivity contribution >= 4 is 40.0 Å². The molecule has 3 rings (SSSR count). The van der Waals surface area contributed by atoms with E-state index in [1.807, 2.05) is 13.1 Å². The van der Waals surface area contributed by atoms with Crippen molar-refractivity contribution in [3.8, 4) is 0 Å². The van der Waals surface area contributed by atoms with Crippen molar-refractivity contribution in [3.63, 3.8) is 0 Å².